The molecule has 0 atom stereocenters. The molecule has 15 heavy (non-hydrogen) atoms. The Kier molecular flexibility index (Phi) is 3.66. The first-order valence-electron chi connectivity index (χ1n) is 5.34. The Balaban J connectivity index is 3.32. The summed E-state index contributed by atoms with van der Waals surface area (Å²) in [7, 11) is 3.87. The van der Waals surface area contributed by atoms with Crippen LogP contribution in [-0.2, 0) is 6.42 Å². The second kappa shape index (κ2) is 4.60. The van der Waals surface area contributed by atoms with Crippen LogP contribution in [0.3, 0.4) is 0 Å². The van der Waals surface area contributed by atoms with Crippen LogP contribution in [0, 0.1) is 5.82 Å². The highest BCUT2D eigenvalue weighted by Gasteiger charge is 2.14. The standard InChI is InChI=1S/C12H19FN2/c1-6-11-10(13)7-9(8(2)3)12(14-11)15(4)5/h7-8H,6H2,1-5H3. The van der Waals surface area contributed by atoms with Gasteiger partial charge in [-0.1, -0.05) is 20.8 Å². The maximum Gasteiger partial charge on any atom is 0.145 e. The van der Waals surface area contributed by atoms with Gasteiger partial charge >= 0.3 is 0 Å². The SMILES string of the molecule is CCc1nc(N(C)C)c(C(C)C)cc1F. The van der Waals surface area contributed by atoms with Gasteiger partial charge in [0.25, 0.3) is 0 Å². The summed E-state index contributed by atoms with van der Waals surface area (Å²) < 4.78 is 13.6. The highest BCUT2D eigenvalue weighted by Crippen LogP contribution is 2.26. The number of pyridine rings is 1. The molecule has 0 saturated carbocycles. The minimum absolute atomic E-state index is 0.188. The van der Waals surface area contributed by atoms with E-state index >= 15 is 0 Å². The topological polar surface area (TPSA) is 16.1 Å². The van der Waals surface area contributed by atoms with Crippen LogP contribution in [0.4, 0.5) is 10.2 Å². The molecular formula is C12H19FN2. The molecule has 84 valence electrons. The highest BCUT2D eigenvalue weighted by atomic mass is 19.1. The van der Waals surface area contributed by atoms with Gasteiger partial charge in [0.1, 0.15) is 11.6 Å². The largest absolute Gasteiger partial charge is 0.362 e. The summed E-state index contributed by atoms with van der Waals surface area (Å²) in [4.78, 5) is 6.30. The fourth-order valence-electron chi connectivity index (χ4n) is 1.56. The molecule has 0 spiro atoms. The second-order valence-electron chi connectivity index (χ2n) is 4.23. The van der Waals surface area contributed by atoms with Crippen molar-refractivity contribution < 1.29 is 4.39 Å². The zero-order valence-electron chi connectivity index (χ0n) is 10.1. The average molecular weight is 210 g/mol. The number of aryl methyl sites for hydroxylation is 1. The number of aromatic nitrogens is 1. The fraction of sp³-hybridized carbons (Fsp3) is 0.583. The molecule has 1 heterocycles. The van der Waals surface area contributed by atoms with Crippen LogP contribution >= 0.6 is 0 Å². The van der Waals surface area contributed by atoms with Gasteiger partial charge in [-0.2, -0.15) is 0 Å². The average Bonchev–Trinajstić information content (AvgIpc) is 2.16. The molecule has 1 rings (SSSR count). The Morgan fingerprint density at radius 3 is 2.40 bits per heavy atom. The molecule has 0 amide bonds. The van der Waals surface area contributed by atoms with Crippen LogP contribution in [0.1, 0.15) is 37.9 Å². The van der Waals surface area contributed by atoms with Gasteiger partial charge < -0.3 is 4.90 Å². The van der Waals surface area contributed by atoms with E-state index in [4.69, 9.17) is 0 Å². The number of rotatable bonds is 3. The molecule has 0 aromatic carbocycles. The molecular weight excluding hydrogens is 191 g/mol. The smallest absolute Gasteiger partial charge is 0.145 e. The van der Waals surface area contributed by atoms with E-state index in [9.17, 15) is 4.39 Å². The zero-order chi connectivity index (χ0) is 11.6. The van der Waals surface area contributed by atoms with Gasteiger partial charge in [-0.3, -0.25) is 0 Å². The lowest BCUT2D eigenvalue weighted by Gasteiger charge is -2.19. The van der Waals surface area contributed by atoms with Crippen molar-refractivity contribution in [3.05, 3.63) is 23.1 Å². The van der Waals surface area contributed by atoms with Gasteiger partial charge in [-0.15, -0.1) is 0 Å². The lowest BCUT2D eigenvalue weighted by atomic mass is 10.0. The molecule has 0 N–H and O–H groups in total. The summed E-state index contributed by atoms with van der Waals surface area (Å²) in [6.07, 6.45) is 0.630. The van der Waals surface area contributed by atoms with E-state index in [0.717, 1.165) is 11.4 Å². The molecule has 0 saturated heterocycles. The molecule has 0 radical (unpaired) electrons. The summed E-state index contributed by atoms with van der Waals surface area (Å²) in [6.45, 7) is 6.02. The first-order chi connectivity index (χ1) is 6.97. The summed E-state index contributed by atoms with van der Waals surface area (Å²) in [6, 6.07) is 1.62. The highest BCUT2D eigenvalue weighted by molar-refractivity contribution is 5.48. The predicted octanol–water partition coefficient (Wildman–Crippen LogP) is 2.97. The number of anilines is 1. The predicted molar refractivity (Wildman–Crippen MR) is 62.0 cm³/mol. The Bertz CT molecular complexity index is 346. The maximum absolute atomic E-state index is 13.6. The van der Waals surface area contributed by atoms with Gasteiger partial charge in [0, 0.05) is 19.7 Å². The third kappa shape index (κ3) is 2.46. The molecule has 0 bridgehead atoms. The summed E-state index contributed by atoms with van der Waals surface area (Å²) in [5, 5.41) is 0. The van der Waals surface area contributed by atoms with Gasteiger partial charge in [0.2, 0.25) is 0 Å². The third-order valence-electron chi connectivity index (χ3n) is 2.44. The first kappa shape index (κ1) is 12.0. The summed E-state index contributed by atoms with van der Waals surface area (Å²) in [5.41, 5.74) is 1.51. The van der Waals surface area contributed by atoms with Crippen LogP contribution in [0.2, 0.25) is 0 Å². The minimum atomic E-state index is -0.188. The molecule has 0 fully saturated rings. The van der Waals surface area contributed by atoms with Crippen molar-refractivity contribution in [2.45, 2.75) is 33.1 Å². The molecule has 0 aliphatic carbocycles. The van der Waals surface area contributed by atoms with Crippen LogP contribution in [-0.4, -0.2) is 19.1 Å². The molecule has 2 nitrogen and oxygen atoms in total. The van der Waals surface area contributed by atoms with Crippen molar-refractivity contribution in [1.82, 2.24) is 4.98 Å². The minimum Gasteiger partial charge on any atom is -0.362 e. The Hall–Kier alpha value is -1.12. The number of halogens is 1. The van der Waals surface area contributed by atoms with Crippen molar-refractivity contribution in [2.24, 2.45) is 0 Å². The molecule has 3 heteroatoms. The zero-order valence-corrected chi connectivity index (χ0v) is 10.1. The van der Waals surface area contributed by atoms with Crippen molar-refractivity contribution in [3.8, 4) is 0 Å². The van der Waals surface area contributed by atoms with E-state index in [1.165, 1.54) is 0 Å². The van der Waals surface area contributed by atoms with Crippen LogP contribution in [0.25, 0.3) is 0 Å². The monoisotopic (exact) mass is 210 g/mol. The molecule has 0 unspecified atom stereocenters. The van der Waals surface area contributed by atoms with Gasteiger partial charge in [0.15, 0.2) is 0 Å². The quantitative estimate of drug-likeness (QED) is 0.762. The number of nitrogens with zero attached hydrogens (tertiary/aromatic N) is 2. The lowest BCUT2D eigenvalue weighted by Crippen LogP contribution is -2.15. The number of hydrogen-bond donors (Lipinski definition) is 0. The normalized spacial score (nSPS) is 10.9. The van der Waals surface area contributed by atoms with E-state index in [2.05, 4.69) is 18.8 Å². The van der Waals surface area contributed by atoms with E-state index in [-0.39, 0.29) is 11.7 Å². The van der Waals surface area contributed by atoms with Gasteiger partial charge in [-0.25, -0.2) is 9.37 Å². The first-order valence-corrected chi connectivity index (χ1v) is 5.34. The number of hydrogen-bond acceptors (Lipinski definition) is 2. The molecule has 0 aliphatic rings. The van der Waals surface area contributed by atoms with E-state index in [1.807, 2.05) is 25.9 Å². The van der Waals surface area contributed by atoms with Crippen molar-refractivity contribution in [2.75, 3.05) is 19.0 Å². The van der Waals surface area contributed by atoms with Crippen LogP contribution in [0.15, 0.2) is 6.07 Å². The Labute approximate surface area is 91.1 Å². The van der Waals surface area contributed by atoms with Crippen LogP contribution < -0.4 is 4.90 Å². The third-order valence-corrected chi connectivity index (χ3v) is 2.44. The van der Waals surface area contributed by atoms with E-state index < -0.39 is 0 Å². The fourth-order valence-corrected chi connectivity index (χ4v) is 1.56. The van der Waals surface area contributed by atoms with Crippen LogP contribution in [0.5, 0.6) is 0 Å². The Morgan fingerprint density at radius 2 is 2.00 bits per heavy atom. The maximum atomic E-state index is 13.6. The van der Waals surface area contributed by atoms with E-state index in [0.29, 0.717) is 12.1 Å². The molecule has 1 aromatic rings. The summed E-state index contributed by atoms with van der Waals surface area (Å²) in [5.74, 6) is 0.977. The summed E-state index contributed by atoms with van der Waals surface area (Å²) >= 11 is 0. The van der Waals surface area contributed by atoms with Gasteiger partial charge in [0.05, 0.1) is 5.69 Å². The van der Waals surface area contributed by atoms with Crippen molar-refractivity contribution in [3.63, 3.8) is 0 Å². The van der Waals surface area contributed by atoms with E-state index in [1.54, 1.807) is 6.07 Å². The Morgan fingerprint density at radius 1 is 1.40 bits per heavy atom. The lowest BCUT2D eigenvalue weighted by molar-refractivity contribution is 0.596. The molecule has 1 aromatic heterocycles. The van der Waals surface area contributed by atoms with Gasteiger partial charge in [-0.05, 0) is 18.4 Å². The molecule has 0 aliphatic heterocycles. The van der Waals surface area contributed by atoms with Crippen molar-refractivity contribution >= 4 is 5.82 Å². The second-order valence-corrected chi connectivity index (χ2v) is 4.23. The van der Waals surface area contributed by atoms with Crippen molar-refractivity contribution in [1.29, 1.82) is 0 Å².